The fourth-order valence-corrected chi connectivity index (χ4v) is 2.16. The molecule has 1 aliphatic rings. The molecule has 0 aromatic heterocycles. The van der Waals surface area contributed by atoms with E-state index in [1.807, 2.05) is 24.3 Å². The number of carbonyl (C=O) groups is 1. The molecule has 2 N–H and O–H groups in total. The highest BCUT2D eigenvalue weighted by atomic mass is 16.5. The van der Waals surface area contributed by atoms with Crippen molar-refractivity contribution in [2.45, 2.75) is 6.42 Å². The van der Waals surface area contributed by atoms with Crippen LogP contribution in [-0.4, -0.2) is 50.3 Å². The Hall–Kier alpha value is -1.85. The molecule has 2 rings (SSSR count). The van der Waals surface area contributed by atoms with Gasteiger partial charge in [0.15, 0.2) is 0 Å². The molecule has 0 spiro atoms. The highest BCUT2D eigenvalue weighted by Gasteiger charge is 2.09. The zero-order valence-corrected chi connectivity index (χ0v) is 12.2. The minimum atomic E-state index is -0.446. The highest BCUT2D eigenvalue weighted by Crippen LogP contribution is 2.13. The summed E-state index contributed by atoms with van der Waals surface area (Å²) < 4.78 is 11.0. The van der Waals surface area contributed by atoms with Crippen LogP contribution in [0.1, 0.15) is 12.0 Å². The lowest BCUT2D eigenvalue weighted by Crippen LogP contribution is -2.37. The number of ether oxygens (including phenoxy) is 2. The van der Waals surface area contributed by atoms with Crippen LogP contribution in [0.25, 0.3) is 6.08 Å². The maximum absolute atomic E-state index is 10.6. The van der Waals surface area contributed by atoms with Crippen molar-refractivity contribution in [3.63, 3.8) is 0 Å². The maximum atomic E-state index is 10.6. The van der Waals surface area contributed by atoms with Crippen LogP contribution in [0.3, 0.4) is 0 Å². The lowest BCUT2D eigenvalue weighted by atomic mass is 10.2. The molecule has 1 saturated heterocycles. The molecule has 5 nitrogen and oxygen atoms in total. The molecule has 5 heteroatoms. The van der Waals surface area contributed by atoms with E-state index in [1.54, 1.807) is 6.08 Å². The number of hydrogen-bond acceptors (Lipinski definition) is 4. The molecule has 1 fully saturated rings. The Morgan fingerprint density at radius 2 is 2.00 bits per heavy atom. The molecule has 0 bridgehead atoms. The van der Waals surface area contributed by atoms with Gasteiger partial charge in [-0.15, -0.1) is 0 Å². The molecule has 1 aromatic carbocycles. The standard InChI is InChI=1S/C16H22N2O3/c17-16(19)7-4-14-2-5-15(6-3-14)21-11-1-8-18-9-12-20-13-10-18/h2-7H,1,8-13H2,(H2,17,19)/b7-4-. The van der Waals surface area contributed by atoms with E-state index in [1.165, 1.54) is 6.08 Å². The van der Waals surface area contributed by atoms with Crippen molar-refractivity contribution in [3.05, 3.63) is 35.9 Å². The molecule has 21 heavy (non-hydrogen) atoms. The van der Waals surface area contributed by atoms with Crippen LogP contribution < -0.4 is 10.5 Å². The molecule has 0 saturated carbocycles. The van der Waals surface area contributed by atoms with Gasteiger partial charge < -0.3 is 15.2 Å². The summed E-state index contributed by atoms with van der Waals surface area (Å²) in [5.41, 5.74) is 5.98. The van der Waals surface area contributed by atoms with Gasteiger partial charge in [0.25, 0.3) is 0 Å². The number of carbonyl (C=O) groups excluding carboxylic acids is 1. The summed E-state index contributed by atoms with van der Waals surface area (Å²) in [6.07, 6.45) is 4.03. The Kier molecular flexibility index (Phi) is 6.24. The molecule has 114 valence electrons. The van der Waals surface area contributed by atoms with Gasteiger partial charge in [-0.1, -0.05) is 12.1 Å². The van der Waals surface area contributed by atoms with Crippen LogP contribution in [-0.2, 0) is 9.53 Å². The number of benzene rings is 1. The van der Waals surface area contributed by atoms with Crippen LogP contribution in [0.4, 0.5) is 0 Å². The molecule has 0 aliphatic carbocycles. The van der Waals surface area contributed by atoms with Crippen molar-refractivity contribution in [2.24, 2.45) is 5.73 Å². The van der Waals surface area contributed by atoms with Crippen LogP contribution in [0.15, 0.2) is 30.3 Å². The third-order valence-corrected chi connectivity index (χ3v) is 3.31. The van der Waals surface area contributed by atoms with Gasteiger partial charge in [0, 0.05) is 25.7 Å². The van der Waals surface area contributed by atoms with E-state index in [9.17, 15) is 4.79 Å². The number of hydrogen-bond donors (Lipinski definition) is 1. The lowest BCUT2D eigenvalue weighted by Gasteiger charge is -2.26. The summed E-state index contributed by atoms with van der Waals surface area (Å²) in [7, 11) is 0. The Labute approximate surface area is 125 Å². The Morgan fingerprint density at radius 3 is 2.67 bits per heavy atom. The molecule has 0 radical (unpaired) electrons. The van der Waals surface area contributed by atoms with Crippen LogP contribution in [0, 0.1) is 0 Å². The summed E-state index contributed by atoms with van der Waals surface area (Å²) in [5.74, 6) is 0.395. The summed E-state index contributed by atoms with van der Waals surface area (Å²) in [6.45, 7) is 5.45. The van der Waals surface area contributed by atoms with Gasteiger partial charge in [-0.05, 0) is 30.2 Å². The number of primary amides is 1. The van der Waals surface area contributed by atoms with Crippen molar-refractivity contribution in [3.8, 4) is 5.75 Å². The minimum Gasteiger partial charge on any atom is -0.494 e. The van der Waals surface area contributed by atoms with Crippen molar-refractivity contribution in [1.29, 1.82) is 0 Å². The van der Waals surface area contributed by atoms with Gasteiger partial charge in [-0.25, -0.2) is 0 Å². The van der Waals surface area contributed by atoms with Gasteiger partial charge >= 0.3 is 0 Å². The normalized spacial score (nSPS) is 16.2. The second-order valence-corrected chi connectivity index (χ2v) is 4.96. The molecule has 0 atom stereocenters. The van der Waals surface area contributed by atoms with Gasteiger partial charge in [-0.2, -0.15) is 0 Å². The first kappa shape index (κ1) is 15.5. The third kappa shape index (κ3) is 5.97. The van der Waals surface area contributed by atoms with Crippen molar-refractivity contribution in [2.75, 3.05) is 39.5 Å². The average Bonchev–Trinajstić information content (AvgIpc) is 2.52. The Bertz CT molecular complexity index is 465. The molecule has 0 unspecified atom stereocenters. The topological polar surface area (TPSA) is 64.8 Å². The van der Waals surface area contributed by atoms with Gasteiger partial charge in [0.05, 0.1) is 19.8 Å². The van der Waals surface area contributed by atoms with E-state index < -0.39 is 5.91 Å². The lowest BCUT2D eigenvalue weighted by molar-refractivity contribution is -0.113. The third-order valence-electron chi connectivity index (χ3n) is 3.31. The number of nitrogens with two attached hydrogens (primary N) is 1. The van der Waals surface area contributed by atoms with Crippen molar-refractivity contribution in [1.82, 2.24) is 4.90 Å². The molecule has 1 aliphatic heterocycles. The van der Waals surface area contributed by atoms with E-state index >= 15 is 0 Å². The maximum Gasteiger partial charge on any atom is 0.241 e. The van der Waals surface area contributed by atoms with Crippen LogP contribution in [0.2, 0.25) is 0 Å². The smallest absolute Gasteiger partial charge is 0.241 e. The first-order valence-electron chi connectivity index (χ1n) is 7.24. The number of rotatable bonds is 7. The van der Waals surface area contributed by atoms with E-state index in [-0.39, 0.29) is 0 Å². The van der Waals surface area contributed by atoms with E-state index in [0.717, 1.165) is 50.6 Å². The number of morpholine rings is 1. The fraction of sp³-hybridized carbons (Fsp3) is 0.438. The minimum absolute atomic E-state index is 0.446. The SMILES string of the molecule is NC(=O)/C=C\c1ccc(OCCCN2CCOCC2)cc1. The highest BCUT2D eigenvalue weighted by molar-refractivity contribution is 5.90. The van der Waals surface area contributed by atoms with Crippen LogP contribution >= 0.6 is 0 Å². The fourth-order valence-electron chi connectivity index (χ4n) is 2.16. The summed E-state index contributed by atoms with van der Waals surface area (Å²) in [6, 6.07) is 7.60. The molecule has 1 amide bonds. The first-order chi connectivity index (χ1) is 10.2. The summed E-state index contributed by atoms with van der Waals surface area (Å²) in [5, 5.41) is 0. The molecule has 1 heterocycles. The first-order valence-corrected chi connectivity index (χ1v) is 7.24. The van der Waals surface area contributed by atoms with Crippen LogP contribution in [0.5, 0.6) is 5.75 Å². The second-order valence-electron chi connectivity index (χ2n) is 4.96. The average molecular weight is 290 g/mol. The Morgan fingerprint density at radius 1 is 1.29 bits per heavy atom. The van der Waals surface area contributed by atoms with E-state index in [4.69, 9.17) is 15.2 Å². The largest absolute Gasteiger partial charge is 0.494 e. The predicted molar refractivity (Wildman–Crippen MR) is 82.0 cm³/mol. The second kappa shape index (κ2) is 8.44. The quantitative estimate of drug-likeness (QED) is 0.607. The van der Waals surface area contributed by atoms with Gasteiger partial charge in [0.2, 0.25) is 5.91 Å². The Balaban J connectivity index is 1.67. The van der Waals surface area contributed by atoms with Gasteiger partial charge in [0.1, 0.15) is 5.75 Å². The van der Waals surface area contributed by atoms with Crippen molar-refractivity contribution >= 4 is 12.0 Å². The number of nitrogens with zero attached hydrogens (tertiary/aromatic N) is 1. The molecule has 1 aromatic rings. The van der Waals surface area contributed by atoms with Gasteiger partial charge in [-0.3, -0.25) is 9.69 Å². The van der Waals surface area contributed by atoms with Crippen molar-refractivity contribution < 1.29 is 14.3 Å². The monoisotopic (exact) mass is 290 g/mol. The van der Waals surface area contributed by atoms with E-state index in [2.05, 4.69) is 4.90 Å². The number of amides is 1. The predicted octanol–water partition coefficient (Wildman–Crippen LogP) is 1.29. The molecular weight excluding hydrogens is 268 g/mol. The summed E-state index contributed by atoms with van der Waals surface area (Å²) in [4.78, 5) is 13.0. The van der Waals surface area contributed by atoms with E-state index in [0.29, 0.717) is 6.61 Å². The zero-order chi connectivity index (χ0) is 14.9. The summed E-state index contributed by atoms with van der Waals surface area (Å²) >= 11 is 0. The zero-order valence-electron chi connectivity index (χ0n) is 12.2. The molecular formula is C16H22N2O3.